The lowest BCUT2D eigenvalue weighted by Crippen LogP contribution is -2.00. The molecule has 0 aliphatic heterocycles. The third-order valence-electron chi connectivity index (χ3n) is 1.34. The van der Waals surface area contributed by atoms with Crippen LogP contribution in [-0.4, -0.2) is 19.8 Å². The first kappa shape index (κ1) is 11.9. The summed E-state index contributed by atoms with van der Waals surface area (Å²) in [5, 5.41) is 3.00. The van der Waals surface area contributed by atoms with Crippen molar-refractivity contribution in [2.24, 2.45) is 5.16 Å². The molecule has 0 unspecified atom stereocenters. The molecule has 0 aliphatic carbocycles. The van der Waals surface area contributed by atoms with Crippen molar-refractivity contribution in [3.8, 4) is 0 Å². The van der Waals surface area contributed by atoms with Crippen LogP contribution in [0.2, 0.25) is 0 Å². The predicted octanol–water partition coefficient (Wildman–Crippen LogP) is 1.70. The topological polar surface area (TPSA) is 55.7 Å². The molecule has 0 aromatic heterocycles. The average Bonchev–Trinajstić information content (AvgIpc) is 2.14. The summed E-state index contributed by atoms with van der Waals surface area (Å²) in [6, 6.07) is 5.06. The summed E-state index contributed by atoms with van der Waals surface area (Å²) >= 11 is 5.60. The Morgan fingerprint density at radius 3 is 2.40 bits per heavy atom. The Balaban J connectivity index is 2.85. The van der Waals surface area contributed by atoms with E-state index in [9.17, 15) is 12.8 Å². The zero-order chi connectivity index (χ0) is 11.5. The van der Waals surface area contributed by atoms with Gasteiger partial charge in [0, 0.05) is 5.56 Å². The summed E-state index contributed by atoms with van der Waals surface area (Å²) in [7, 11) is -3.68. The van der Waals surface area contributed by atoms with E-state index in [1.165, 1.54) is 24.3 Å². The summed E-state index contributed by atoms with van der Waals surface area (Å²) in [5.41, 5.74) is 0.363. The summed E-state index contributed by atoms with van der Waals surface area (Å²) in [6.45, 7) is 0. The minimum atomic E-state index is -3.68. The van der Waals surface area contributed by atoms with Crippen LogP contribution in [0.5, 0.6) is 0 Å². The minimum absolute atomic E-state index is 0.166. The number of hydrogen-bond acceptors (Lipinski definition) is 4. The highest BCUT2D eigenvalue weighted by Crippen LogP contribution is 2.08. The quantitative estimate of drug-likeness (QED) is 0.607. The van der Waals surface area contributed by atoms with Crippen molar-refractivity contribution < 1.29 is 17.1 Å². The van der Waals surface area contributed by atoms with Gasteiger partial charge in [-0.3, -0.25) is 4.28 Å². The molecule has 1 rings (SSSR count). The standard InChI is InChI=1S/C8H7ClFNO3S/c1-15(12,13)14-11-8(9)6-2-4-7(10)5-3-6/h2-5H,1H3/b11-8-. The lowest BCUT2D eigenvalue weighted by molar-refractivity contribution is 0.344. The molecule has 0 spiro atoms. The summed E-state index contributed by atoms with van der Waals surface area (Å²) in [4.78, 5) is 0. The van der Waals surface area contributed by atoms with E-state index in [4.69, 9.17) is 11.6 Å². The third kappa shape index (κ3) is 4.26. The Morgan fingerprint density at radius 1 is 1.40 bits per heavy atom. The van der Waals surface area contributed by atoms with Crippen LogP contribution in [0.15, 0.2) is 29.4 Å². The molecule has 4 nitrogen and oxygen atoms in total. The van der Waals surface area contributed by atoms with Gasteiger partial charge in [0.1, 0.15) is 5.82 Å². The maximum atomic E-state index is 12.5. The molecule has 82 valence electrons. The van der Waals surface area contributed by atoms with Crippen LogP contribution < -0.4 is 0 Å². The molecule has 0 amide bonds. The third-order valence-corrected chi connectivity index (χ3v) is 1.97. The molecule has 0 saturated carbocycles. The van der Waals surface area contributed by atoms with Gasteiger partial charge in [-0.05, 0) is 24.3 Å². The molecule has 0 aliphatic rings. The number of rotatable bonds is 3. The first-order valence-electron chi connectivity index (χ1n) is 3.76. The predicted molar refractivity (Wildman–Crippen MR) is 54.7 cm³/mol. The Morgan fingerprint density at radius 2 is 1.93 bits per heavy atom. The van der Waals surface area contributed by atoms with Crippen molar-refractivity contribution in [3.63, 3.8) is 0 Å². The Kier molecular flexibility index (Phi) is 3.65. The second-order valence-electron chi connectivity index (χ2n) is 2.67. The normalized spacial score (nSPS) is 12.6. The van der Waals surface area contributed by atoms with Crippen molar-refractivity contribution in [1.29, 1.82) is 0 Å². The molecule has 15 heavy (non-hydrogen) atoms. The zero-order valence-corrected chi connectivity index (χ0v) is 9.22. The molecule has 1 aromatic rings. The SMILES string of the molecule is CS(=O)(=O)O/N=C(\Cl)c1ccc(F)cc1. The van der Waals surface area contributed by atoms with E-state index < -0.39 is 15.9 Å². The molecule has 0 heterocycles. The van der Waals surface area contributed by atoms with Crippen LogP contribution in [-0.2, 0) is 14.4 Å². The number of oxime groups is 1. The van der Waals surface area contributed by atoms with Gasteiger partial charge in [-0.25, -0.2) is 4.39 Å². The van der Waals surface area contributed by atoms with Gasteiger partial charge in [0.25, 0.3) is 0 Å². The number of halogens is 2. The van der Waals surface area contributed by atoms with Gasteiger partial charge < -0.3 is 0 Å². The largest absolute Gasteiger partial charge is 0.325 e. The summed E-state index contributed by atoms with van der Waals surface area (Å²) in [6.07, 6.45) is 0.839. The van der Waals surface area contributed by atoms with Crippen LogP contribution in [0.25, 0.3) is 0 Å². The molecule has 0 fully saturated rings. The molecule has 0 atom stereocenters. The van der Waals surface area contributed by atoms with Gasteiger partial charge >= 0.3 is 10.1 Å². The smallest absolute Gasteiger partial charge is 0.267 e. The van der Waals surface area contributed by atoms with Crippen LogP contribution in [0.3, 0.4) is 0 Å². The van der Waals surface area contributed by atoms with E-state index in [1.807, 2.05) is 0 Å². The van der Waals surface area contributed by atoms with Crippen molar-refractivity contribution >= 4 is 26.9 Å². The van der Waals surface area contributed by atoms with E-state index in [-0.39, 0.29) is 5.17 Å². The molecule has 0 N–H and O–H groups in total. The lowest BCUT2D eigenvalue weighted by Gasteiger charge is -1.97. The van der Waals surface area contributed by atoms with Crippen LogP contribution in [0, 0.1) is 5.82 Å². The average molecular weight is 252 g/mol. The molecule has 1 aromatic carbocycles. The van der Waals surface area contributed by atoms with Gasteiger partial charge in [-0.15, -0.1) is 0 Å². The molecular formula is C8H7ClFNO3S. The fourth-order valence-electron chi connectivity index (χ4n) is 0.741. The number of nitrogens with zero attached hydrogens (tertiary/aromatic N) is 1. The lowest BCUT2D eigenvalue weighted by atomic mass is 10.2. The van der Waals surface area contributed by atoms with Crippen molar-refractivity contribution in [1.82, 2.24) is 0 Å². The molecule has 7 heteroatoms. The first-order chi connectivity index (χ1) is 6.88. The van der Waals surface area contributed by atoms with Gasteiger partial charge in [0.15, 0.2) is 5.17 Å². The van der Waals surface area contributed by atoms with Gasteiger partial charge in [-0.1, -0.05) is 16.8 Å². The van der Waals surface area contributed by atoms with Gasteiger partial charge in [0.2, 0.25) is 0 Å². The second kappa shape index (κ2) is 4.59. The number of benzene rings is 1. The van der Waals surface area contributed by atoms with Crippen LogP contribution in [0.1, 0.15) is 5.56 Å². The fourth-order valence-corrected chi connectivity index (χ4v) is 1.15. The van der Waals surface area contributed by atoms with E-state index >= 15 is 0 Å². The molecular weight excluding hydrogens is 245 g/mol. The first-order valence-corrected chi connectivity index (χ1v) is 5.96. The van der Waals surface area contributed by atoms with Gasteiger partial charge in [0.05, 0.1) is 6.26 Å². The second-order valence-corrected chi connectivity index (χ2v) is 4.58. The maximum absolute atomic E-state index is 12.5. The highest BCUT2D eigenvalue weighted by Gasteiger charge is 2.04. The highest BCUT2D eigenvalue weighted by atomic mass is 35.5. The van der Waals surface area contributed by atoms with Crippen LogP contribution in [0.4, 0.5) is 4.39 Å². The van der Waals surface area contributed by atoms with Crippen molar-refractivity contribution in [2.75, 3.05) is 6.26 Å². The number of hydrogen-bond donors (Lipinski definition) is 0. The Labute approximate surface area is 91.4 Å². The molecule has 0 saturated heterocycles. The van der Waals surface area contributed by atoms with E-state index in [2.05, 4.69) is 9.44 Å². The Bertz CT molecular complexity index is 469. The van der Waals surface area contributed by atoms with Gasteiger partial charge in [-0.2, -0.15) is 8.42 Å². The summed E-state index contributed by atoms with van der Waals surface area (Å²) in [5.74, 6) is -0.424. The van der Waals surface area contributed by atoms with E-state index in [0.717, 1.165) is 6.26 Å². The minimum Gasteiger partial charge on any atom is -0.267 e. The summed E-state index contributed by atoms with van der Waals surface area (Å²) < 4.78 is 37.8. The Hall–Kier alpha value is -1.14. The zero-order valence-electron chi connectivity index (χ0n) is 7.65. The highest BCUT2D eigenvalue weighted by molar-refractivity contribution is 7.85. The monoisotopic (exact) mass is 251 g/mol. The molecule has 0 radical (unpaired) electrons. The van der Waals surface area contributed by atoms with Crippen LogP contribution >= 0.6 is 11.6 Å². The maximum Gasteiger partial charge on any atom is 0.325 e. The van der Waals surface area contributed by atoms with E-state index in [1.54, 1.807) is 0 Å². The van der Waals surface area contributed by atoms with Crippen molar-refractivity contribution in [2.45, 2.75) is 0 Å². The fraction of sp³-hybridized carbons (Fsp3) is 0.125. The van der Waals surface area contributed by atoms with Crippen molar-refractivity contribution in [3.05, 3.63) is 35.6 Å². The molecule has 0 bridgehead atoms. The van der Waals surface area contributed by atoms with E-state index in [0.29, 0.717) is 5.56 Å².